The second-order valence-electron chi connectivity index (χ2n) is 4.87. The molecular weight excluding hydrogens is 220 g/mol. The quantitative estimate of drug-likeness (QED) is 0.769. The largest absolute Gasteiger partial charge is 0.480 e. The third-order valence-corrected chi connectivity index (χ3v) is 4.14. The molecule has 0 unspecified atom stereocenters. The summed E-state index contributed by atoms with van der Waals surface area (Å²) in [5.74, 6) is -0.675. The van der Waals surface area contributed by atoms with Crippen molar-refractivity contribution in [1.29, 1.82) is 0 Å². The molecule has 2 aliphatic rings. The fraction of sp³-hybridized carbons (Fsp3) is 0.917. The van der Waals surface area contributed by atoms with Crippen molar-refractivity contribution >= 4 is 5.97 Å². The Labute approximate surface area is 102 Å². The van der Waals surface area contributed by atoms with E-state index in [1.54, 1.807) is 0 Å². The Morgan fingerprint density at radius 2 is 1.82 bits per heavy atom. The molecule has 0 radical (unpaired) electrons. The van der Waals surface area contributed by atoms with Crippen LogP contribution in [-0.4, -0.2) is 72.4 Å². The third kappa shape index (κ3) is 2.46. The molecule has 0 atom stereocenters. The van der Waals surface area contributed by atoms with Gasteiger partial charge in [0.1, 0.15) is 5.54 Å². The SMILES string of the molecule is CCN1CCN(C2(C(=O)O)CCOCC2)CC1. The normalized spacial score (nSPS) is 26.9. The number of hydrogen-bond donors (Lipinski definition) is 1. The second kappa shape index (κ2) is 5.33. The molecule has 98 valence electrons. The topological polar surface area (TPSA) is 53.0 Å². The number of carbonyl (C=O) groups is 1. The van der Waals surface area contributed by atoms with Gasteiger partial charge in [0.15, 0.2) is 0 Å². The first kappa shape index (κ1) is 12.8. The van der Waals surface area contributed by atoms with Gasteiger partial charge in [-0.1, -0.05) is 6.92 Å². The van der Waals surface area contributed by atoms with Crippen LogP contribution in [0.3, 0.4) is 0 Å². The summed E-state index contributed by atoms with van der Waals surface area (Å²) in [5, 5.41) is 9.55. The van der Waals surface area contributed by atoms with Crippen molar-refractivity contribution in [3.8, 4) is 0 Å². The monoisotopic (exact) mass is 242 g/mol. The number of carboxylic acids is 1. The van der Waals surface area contributed by atoms with Crippen LogP contribution in [0, 0.1) is 0 Å². The lowest BCUT2D eigenvalue weighted by atomic mass is 9.87. The zero-order chi connectivity index (χ0) is 12.3. The minimum Gasteiger partial charge on any atom is -0.480 e. The molecular formula is C12H22N2O3. The van der Waals surface area contributed by atoms with Gasteiger partial charge in [0.05, 0.1) is 0 Å². The first-order chi connectivity index (χ1) is 8.19. The van der Waals surface area contributed by atoms with Crippen LogP contribution in [0.1, 0.15) is 19.8 Å². The maximum atomic E-state index is 11.6. The number of ether oxygens (including phenoxy) is 1. The van der Waals surface area contributed by atoms with Crippen LogP contribution in [0.4, 0.5) is 0 Å². The second-order valence-corrected chi connectivity index (χ2v) is 4.87. The van der Waals surface area contributed by atoms with Gasteiger partial charge >= 0.3 is 5.97 Å². The lowest BCUT2D eigenvalue weighted by molar-refractivity contribution is -0.160. The minimum atomic E-state index is -0.675. The molecule has 0 aromatic carbocycles. The van der Waals surface area contributed by atoms with Gasteiger partial charge in [0.25, 0.3) is 0 Å². The number of rotatable bonds is 3. The minimum absolute atomic E-state index is 0.570. The molecule has 0 aliphatic carbocycles. The fourth-order valence-corrected chi connectivity index (χ4v) is 2.87. The number of nitrogens with zero attached hydrogens (tertiary/aromatic N) is 2. The number of likely N-dealkylation sites (N-methyl/N-ethyl adjacent to an activating group) is 1. The van der Waals surface area contributed by atoms with Crippen molar-refractivity contribution in [2.24, 2.45) is 0 Å². The van der Waals surface area contributed by atoms with E-state index in [2.05, 4.69) is 16.7 Å². The molecule has 1 N–H and O–H groups in total. The summed E-state index contributed by atoms with van der Waals surface area (Å²) < 4.78 is 5.31. The molecule has 17 heavy (non-hydrogen) atoms. The van der Waals surface area contributed by atoms with E-state index in [0.717, 1.165) is 32.7 Å². The van der Waals surface area contributed by atoms with Gasteiger partial charge in [-0.3, -0.25) is 9.69 Å². The summed E-state index contributed by atoms with van der Waals surface area (Å²) in [6.07, 6.45) is 1.24. The summed E-state index contributed by atoms with van der Waals surface area (Å²) in [4.78, 5) is 16.1. The summed E-state index contributed by atoms with van der Waals surface area (Å²) >= 11 is 0. The highest BCUT2D eigenvalue weighted by molar-refractivity contribution is 5.79. The molecule has 5 heteroatoms. The van der Waals surface area contributed by atoms with Crippen molar-refractivity contribution in [3.05, 3.63) is 0 Å². The average molecular weight is 242 g/mol. The van der Waals surface area contributed by atoms with Crippen LogP contribution < -0.4 is 0 Å². The van der Waals surface area contributed by atoms with Crippen LogP contribution in [0.25, 0.3) is 0 Å². The van der Waals surface area contributed by atoms with E-state index in [9.17, 15) is 9.90 Å². The van der Waals surface area contributed by atoms with Gasteiger partial charge in [-0.2, -0.15) is 0 Å². The molecule has 0 aromatic heterocycles. The summed E-state index contributed by atoms with van der Waals surface area (Å²) in [7, 11) is 0. The van der Waals surface area contributed by atoms with Crippen molar-refractivity contribution in [2.75, 3.05) is 45.9 Å². The fourth-order valence-electron chi connectivity index (χ4n) is 2.87. The van der Waals surface area contributed by atoms with Crippen molar-refractivity contribution in [1.82, 2.24) is 9.80 Å². The molecule has 2 heterocycles. The molecule has 2 saturated heterocycles. The summed E-state index contributed by atoms with van der Waals surface area (Å²) in [5.41, 5.74) is -0.669. The number of hydrogen-bond acceptors (Lipinski definition) is 4. The Kier molecular flexibility index (Phi) is 4.01. The lowest BCUT2D eigenvalue weighted by Crippen LogP contribution is -2.62. The Hall–Kier alpha value is -0.650. The molecule has 2 rings (SSSR count). The number of aliphatic carboxylic acids is 1. The molecule has 0 saturated carbocycles. The third-order valence-electron chi connectivity index (χ3n) is 4.14. The number of carboxylic acid groups (broad SMARTS) is 1. The number of piperazine rings is 1. The van der Waals surface area contributed by atoms with Crippen molar-refractivity contribution < 1.29 is 14.6 Å². The molecule has 5 nitrogen and oxygen atoms in total. The van der Waals surface area contributed by atoms with Gasteiger partial charge < -0.3 is 14.7 Å². The van der Waals surface area contributed by atoms with Gasteiger partial charge in [-0.05, 0) is 19.4 Å². The summed E-state index contributed by atoms with van der Waals surface area (Å²) in [6, 6.07) is 0. The molecule has 2 aliphatic heterocycles. The molecule has 0 spiro atoms. The maximum Gasteiger partial charge on any atom is 0.324 e. The molecule has 2 fully saturated rings. The maximum absolute atomic E-state index is 11.6. The van der Waals surface area contributed by atoms with Gasteiger partial charge in [-0.25, -0.2) is 0 Å². The highest BCUT2D eigenvalue weighted by Gasteiger charge is 2.46. The van der Waals surface area contributed by atoms with Crippen molar-refractivity contribution in [3.63, 3.8) is 0 Å². The van der Waals surface area contributed by atoms with Gasteiger partial charge in [-0.15, -0.1) is 0 Å². The molecule has 0 amide bonds. The standard InChI is InChI=1S/C12H22N2O3/c1-2-13-5-7-14(8-6-13)12(11(15)16)3-9-17-10-4-12/h2-10H2,1H3,(H,15,16). The Morgan fingerprint density at radius 1 is 1.24 bits per heavy atom. The molecule has 0 aromatic rings. The van der Waals surface area contributed by atoms with Gasteiger partial charge in [0.2, 0.25) is 0 Å². The van der Waals surface area contributed by atoms with Crippen LogP contribution in [0.2, 0.25) is 0 Å². The van der Waals surface area contributed by atoms with Crippen LogP contribution in [-0.2, 0) is 9.53 Å². The van der Waals surface area contributed by atoms with E-state index in [4.69, 9.17) is 4.74 Å². The van der Waals surface area contributed by atoms with Crippen molar-refractivity contribution in [2.45, 2.75) is 25.3 Å². The van der Waals surface area contributed by atoms with Gasteiger partial charge in [0, 0.05) is 39.4 Å². The molecule has 0 bridgehead atoms. The zero-order valence-corrected chi connectivity index (χ0v) is 10.5. The predicted octanol–water partition coefficient (Wildman–Crippen LogP) is 0.258. The highest BCUT2D eigenvalue weighted by atomic mass is 16.5. The zero-order valence-electron chi connectivity index (χ0n) is 10.5. The highest BCUT2D eigenvalue weighted by Crippen LogP contribution is 2.29. The smallest absolute Gasteiger partial charge is 0.324 e. The Morgan fingerprint density at radius 3 is 2.29 bits per heavy atom. The first-order valence-electron chi connectivity index (χ1n) is 6.47. The Balaban J connectivity index is 2.04. The van der Waals surface area contributed by atoms with E-state index in [-0.39, 0.29) is 0 Å². The average Bonchev–Trinajstić information content (AvgIpc) is 2.39. The van der Waals surface area contributed by atoms with Crippen LogP contribution in [0.5, 0.6) is 0 Å². The van der Waals surface area contributed by atoms with E-state index in [1.165, 1.54) is 0 Å². The van der Waals surface area contributed by atoms with Crippen LogP contribution in [0.15, 0.2) is 0 Å². The lowest BCUT2D eigenvalue weighted by Gasteiger charge is -2.46. The Bertz CT molecular complexity index is 269. The van der Waals surface area contributed by atoms with E-state index in [1.807, 2.05) is 0 Å². The first-order valence-corrected chi connectivity index (χ1v) is 6.47. The van der Waals surface area contributed by atoms with Crippen LogP contribution >= 0.6 is 0 Å². The van der Waals surface area contributed by atoms with E-state index < -0.39 is 11.5 Å². The summed E-state index contributed by atoms with van der Waals surface area (Å²) in [6.45, 7) is 8.02. The predicted molar refractivity (Wildman–Crippen MR) is 64.1 cm³/mol. The van der Waals surface area contributed by atoms with E-state index >= 15 is 0 Å². The van der Waals surface area contributed by atoms with E-state index in [0.29, 0.717) is 26.1 Å².